The third kappa shape index (κ3) is 2.79. The molecule has 1 aromatic rings. The average molecular weight is 266 g/mol. The van der Waals surface area contributed by atoms with Gasteiger partial charge in [0.2, 0.25) is 0 Å². The van der Waals surface area contributed by atoms with Gasteiger partial charge < -0.3 is 5.32 Å². The Balaban J connectivity index is 1.70. The quantitative estimate of drug-likeness (QED) is 0.905. The van der Waals surface area contributed by atoms with Crippen LogP contribution in [0.4, 0.5) is 8.78 Å². The lowest BCUT2D eigenvalue weighted by Gasteiger charge is -2.27. The van der Waals surface area contributed by atoms with Gasteiger partial charge in [0.05, 0.1) is 0 Å². The van der Waals surface area contributed by atoms with Crippen LogP contribution in [-0.4, -0.2) is 30.1 Å². The van der Waals surface area contributed by atoms with Crippen molar-refractivity contribution in [1.82, 2.24) is 10.2 Å². The first-order valence-electron chi connectivity index (χ1n) is 7.07. The molecule has 0 spiro atoms. The van der Waals surface area contributed by atoms with Gasteiger partial charge in [-0.05, 0) is 31.4 Å². The number of nitrogens with one attached hydrogen (secondary N) is 1. The SMILES string of the molecule is FC(F)c1ccc(CN2C3CCNCC2CC3)cc1. The summed E-state index contributed by atoms with van der Waals surface area (Å²) in [5, 5.41) is 3.48. The van der Waals surface area contributed by atoms with Gasteiger partial charge in [-0.3, -0.25) is 4.90 Å². The molecule has 4 heteroatoms. The summed E-state index contributed by atoms with van der Waals surface area (Å²) in [6.07, 6.45) is 1.37. The summed E-state index contributed by atoms with van der Waals surface area (Å²) in [7, 11) is 0. The number of hydrogen-bond acceptors (Lipinski definition) is 2. The summed E-state index contributed by atoms with van der Waals surface area (Å²) in [6.45, 7) is 3.05. The zero-order valence-corrected chi connectivity index (χ0v) is 11.0. The normalized spacial score (nSPS) is 27.7. The molecule has 1 aromatic carbocycles. The molecule has 2 unspecified atom stereocenters. The molecule has 0 aromatic heterocycles. The maximum atomic E-state index is 12.5. The smallest absolute Gasteiger partial charge is 0.263 e. The Morgan fingerprint density at radius 3 is 2.58 bits per heavy atom. The standard InChI is InChI=1S/C15H20F2N2/c16-15(17)12-3-1-11(2-4-12)10-19-13-5-6-14(19)9-18-8-7-13/h1-4,13-15,18H,5-10H2. The van der Waals surface area contributed by atoms with Crippen LogP contribution < -0.4 is 5.32 Å². The van der Waals surface area contributed by atoms with Gasteiger partial charge in [-0.1, -0.05) is 24.3 Å². The lowest BCUT2D eigenvalue weighted by molar-refractivity contribution is 0.151. The van der Waals surface area contributed by atoms with E-state index in [9.17, 15) is 8.78 Å². The number of nitrogens with zero attached hydrogens (tertiary/aromatic N) is 1. The number of halogens is 2. The van der Waals surface area contributed by atoms with E-state index in [1.807, 2.05) is 12.1 Å². The van der Waals surface area contributed by atoms with Crippen molar-refractivity contribution in [3.05, 3.63) is 35.4 Å². The zero-order chi connectivity index (χ0) is 13.2. The third-order valence-corrected chi connectivity index (χ3v) is 4.40. The van der Waals surface area contributed by atoms with Crippen LogP contribution in [0.2, 0.25) is 0 Å². The van der Waals surface area contributed by atoms with Crippen LogP contribution in [0.1, 0.15) is 36.8 Å². The van der Waals surface area contributed by atoms with Gasteiger partial charge in [0.15, 0.2) is 0 Å². The van der Waals surface area contributed by atoms with E-state index in [-0.39, 0.29) is 5.56 Å². The van der Waals surface area contributed by atoms with E-state index in [1.165, 1.54) is 19.3 Å². The van der Waals surface area contributed by atoms with E-state index >= 15 is 0 Å². The molecule has 2 nitrogen and oxygen atoms in total. The molecule has 2 bridgehead atoms. The Labute approximate surface area is 112 Å². The molecule has 1 N–H and O–H groups in total. The fraction of sp³-hybridized carbons (Fsp3) is 0.600. The first-order chi connectivity index (χ1) is 9.24. The maximum Gasteiger partial charge on any atom is 0.263 e. The highest BCUT2D eigenvalue weighted by Gasteiger charge is 2.34. The summed E-state index contributed by atoms with van der Waals surface area (Å²) in [5.41, 5.74) is 1.26. The minimum Gasteiger partial charge on any atom is -0.315 e. The summed E-state index contributed by atoms with van der Waals surface area (Å²) >= 11 is 0. The monoisotopic (exact) mass is 266 g/mol. The van der Waals surface area contributed by atoms with Crippen molar-refractivity contribution < 1.29 is 8.78 Å². The second kappa shape index (κ2) is 5.55. The van der Waals surface area contributed by atoms with E-state index in [1.54, 1.807) is 12.1 Å². The molecule has 104 valence electrons. The van der Waals surface area contributed by atoms with Crippen LogP contribution >= 0.6 is 0 Å². The van der Waals surface area contributed by atoms with Gasteiger partial charge in [-0.15, -0.1) is 0 Å². The Hall–Kier alpha value is -1.00. The molecular weight excluding hydrogens is 246 g/mol. The first-order valence-corrected chi connectivity index (χ1v) is 7.07. The number of benzene rings is 1. The van der Waals surface area contributed by atoms with Gasteiger partial charge in [0.25, 0.3) is 6.43 Å². The molecule has 2 aliphatic rings. The summed E-state index contributed by atoms with van der Waals surface area (Å²) in [4.78, 5) is 2.55. The minimum atomic E-state index is -2.37. The van der Waals surface area contributed by atoms with Crippen LogP contribution in [-0.2, 0) is 6.54 Å². The molecule has 2 atom stereocenters. The molecule has 0 amide bonds. The predicted octanol–water partition coefficient (Wildman–Crippen LogP) is 2.95. The summed E-state index contributed by atoms with van der Waals surface area (Å²) in [5.74, 6) is 0. The lowest BCUT2D eigenvalue weighted by atomic mass is 10.1. The Bertz CT molecular complexity index is 405. The summed E-state index contributed by atoms with van der Waals surface area (Å²) < 4.78 is 25.1. The van der Waals surface area contributed by atoms with Crippen molar-refractivity contribution in [2.24, 2.45) is 0 Å². The highest BCUT2D eigenvalue weighted by molar-refractivity contribution is 5.23. The minimum absolute atomic E-state index is 0.115. The fourth-order valence-electron chi connectivity index (χ4n) is 3.32. The van der Waals surface area contributed by atoms with Crippen LogP contribution in [0.15, 0.2) is 24.3 Å². The number of alkyl halides is 2. The Morgan fingerprint density at radius 2 is 1.84 bits per heavy atom. The molecule has 19 heavy (non-hydrogen) atoms. The maximum absolute atomic E-state index is 12.5. The molecule has 2 saturated heterocycles. The predicted molar refractivity (Wildman–Crippen MR) is 71.2 cm³/mol. The van der Waals surface area contributed by atoms with E-state index in [4.69, 9.17) is 0 Å². The van der Waals surface area contributed by atoms with E-state index in [0.29, 0.717) is 12.1 Å². The molecule has 2 fully saturated rings. The second-order valence-corrected chi connectivity index (χ2v) is 5.59. The van der Waals surface area contributed by atoms with Crippen molar-refractivity contribution in [1.29, 1.82) is 0 Å². The van der Waals surface area contributed by atoms with E-state index in [2.05, 4.69) is 10.2 Å². The van der Waals surface area contributed by atoms with Gasteiger partial charge in [0, 0.05) is 30.7 Å². The first kappa shape index (κ1) is 13.0. The molecule has 2 aliphatic heterocycles. The van der Waals surface area contributed by atoms with Crippen molar-refractivity contribution in [2.75, 3.05) is 13.1 Å². The fourth-order valence-corrected chi connectivity index (χ4v) is 3.32. The topological polar surface area (TPSA) is 15.3 Å². The van der Waals surface area contributed by atoms with Crippen molar-refractivity contribution in [3.8, 4) is 0 Å². The molecular formula is C15H20F2N2. The number of rotatable bonds is 3. The van der Waals surface area contributed by atoms with Crippen LogP contribution in [0.3, 0.4) is 0 Å². The lowest BCUT2D eigenvalue weighted by Crippen LogP contribution is -2.37. The second-order valence-electron chi connectivity index (χ2n) is 5.59. The largest absolute Gasteiger partial charge is 0.315 e. The van der Waals surface area contributed by atoms with Crippen LogP contribution in [0.25, 0.3) is 0 Å². The van der Waals surface area contributed by atoms with Crippen molar-refractivity contribution in [2.45, 2.75) is 44.3 Å². The molecule has 3 rings (SSSR count). The van der Waals surface area contributed by atoms with Crippen molar-refractivity contribution in [3.63, 3.8) is 0 Å². The number of fused-ring (bicyclic) bond motifs is 2. The molecule has 0 aliphatic carbocycles. The van der Waals surface area contributed by atoms with Crippen LogP contribution in [0, 0.1) is 0 Å². The molecule has 2 heterocycles. The van der Waals surface area contributed by atoms with E-state index in [0.717, 1.165) is 25.2 Å². The van der Waals surface area contributed by atoms with E-state index < -0.39 is 6.43 Å². The van der Waals surface area contributed by atoms with Gasteiger partial charge in [-0.2, -0.15) is 0 Å². The molecule has 0 saturated carbocycles. The number of hydrogen-bond donors (Lipinski definition) is 1. The Kier molecular flexibility index (Phi) is 3.80. The zero-order valence-electron chi connectivity index (χ0n) is 11.0. The van der Waals surface area contributed by atoms with Gasteiger partial charge >= 0.3 is 0 Å². The molecule has 0 radical (unpaired) electrons. The highest BCUT2D eigenvalue weighted by atomic mass is 19.3. The Morgan fingerprint density at radius 1 is 1.11 bits per heavy atom. The average Bonchev–Trinajstić information content (AvgIpc) is 2.63. The van der Waals surface area contributed by atoms with Crippen LogP contribution in [0.5, 0.6) is 0 Å². The third-order valence-electron chi connectivity index (χ3n) is 4.40. The van der Waals surface area contributed by atoms with Gasteiger partial charge in [0.1, 0.15) is 0 Å². The van der Waals surface area contributed by atoms with Crippen molar-refractivity contribution >= 4 is 0 Å². The summed E-state index contributed by atoms with van der Waals surface area (Å²) in [6, 6.07) is 8.08. The van der Waals surface area contributed by atoms with Gasteiger partial charge in [-0.25, -0.2) is 8.78 Å². The highest BCUT2D eigenvalue weighted by Crippen LogP contribution is 2.29.